The zero-order chi connectivity index (χ0) is 23.6. The van der Waals surface area contributed by atoms with Crippen LogP contribution in [0.3, 0.4) is 0 Å². The van der Waals surface area contributed by atoms with Crippen LogP contribution < -0.4 is 9.88 Å². The fourth-order valence-electron chi connectivity index (χ4n) is 6.30. The van der Waals surface area contributed by atoms with Crippen LogP contribution in [0.5, 0.6) is 0 Å². The van der Waals surface area contributed by atoms with E-state index in [9.17, 15) is 5.21 Å². The molecule has 4 aromatic rings. The second-order valence-corrected chi connectivity index (χ2v) is 10.2. The molecular formula is C30H35N4O+. The molecule has 0 saturated heterocycles. The van der Waals surface area contributed by atoms with Gasteiger partial charge >= 0.3 is 0 Å². The van der Waals surface area contributed by atoms with Crippen LogP contribution in [0, 0.1) is 0 Å². The number of anilines is 1. The highest BCUT2D eigenvalue weighted by Gasteiger charge is 2.36. The lowest BCUT2D eigenvalue weighted by Gasteiger charge is -2.25. The van der Waals surface area contributed by atoms with Crippen LogP contribution in [0.25, 0.3) is 16.3 Å². The molecule has 2 aliphatic rings. The van der Waals surface area contributed by atoms with Crippen molar-refractivity contribution in [2.45, 2.75) is 76.3 Å². The quantitative estimate of drug-likeness (QED) is 0.146. The third kappa shape index (κ3) is 4.07. The molecule has 0 unspecified atom stereocenters. The van der Waals surface area contributed by atoms with E-state index in [1.54, 1.807) is 0 Å². The van der Waals surface area contributed by atoms with Crippen LogP contribution in [-0.4, -0.2) is 21.4 Å². The number of rotatable bonds is 5. The van der Waals surface area contributed by atoms with Gasteiger partial charge in [0.2, 0.25) is 0 Å². The molecule has 0 bridgehead atoms. The summed E-state index contributed by atoms with van der Waals surface area (Å²) in [5.74, 6) is 2.15. The molecule has 0 radical (unpaired) electrons. The molecule has 2 saturated carbocycles. The Morgan fingerprint density at radius 1 is 0.829 bits per heavy atom. The molecule has 2 fully saturated rings. The maximum Gasteiger partial charge on any atom is 0.264 e. The third-order valence-corrected chi connectivity index (χ3v) is 8.03. The van der Waals surface area contributed by atoms with Gasteiger partial charge in [-0.2, -0.15) is 0 Å². The van der Waals surface area contributed by atoms with Gasteiger partial charge in [-0.1, -0.05) is 85.4 Å². The SMILES string of the molecule is O/N=C(/c1ccccc1)c1n2ccc3ccccc3c2c(NC2CCCCC2)[n+]1C1CCCCC1. The van der Waals surface area contributed by atoms with E-state index in [4.69, 9.17) is 0 Å². The lowest BCUT2D eigenvalue weighted by Crippen LogP contribution is -2.48. The summed E-state index contributed by atoms with van der Waals surface area (Å²) >= 11 is 0. The molecule has 180 valence electrons. The number of pyridine rings is 1. The van der Waals surface area contributed by atoms with Gasteiger partial charge in [0.25, 0.3) is 11.6 Å². The van der Waals surface area contributed by atoms with Crippen molar-refractivity contribution in [3.05, 3.63) is 78.2 Å². The van der Waals surface area contributed by atoms with Gasteiger partial charge < -0.3 is 5.21 Å². The highest BCUT2D eigenvalue weighted by atomic mass is 16.4. The van der Waals surface area contributed by atoms with Crippen molar-refractivity contribution in [3.8, 4) is 0 Å². The maximum absolute atomic E-state index is 10.4. The van der Waals surface area contributed by atoms with E-state index in [1.165, 1.54) is 73.5 Å². The average Bonchev–Trinajstić information content (AvgIpc) is 3.25. The van der Waals surface area contributed by atoms with E-state index in [1.807, 2.05) is 30.3 Å². The predicted octanol–water partition coefficient (Wildman–Crippen LogP) is 6.86. The smallest absolute Gasteiger partial charge is 0.264 e. The first-order valence-corrected chi connectivity index (χ1v) is 13.4. The summed E-state index contributed by atoms with van der Waals surface area (Å²) in [7, 11) is 0. The summed E-state index contributed by atoms with van der Waals surface area (Å²) in [5, 5.41) is 20.8. The summed E-state index contributed by atoms with van der Waals surface area (Å²) in [6.07, 6.45) is 14.6. The largest absolute Gasteiger partial charge is 0.410 e. The molecule has 2 heterocycles. The van der Waals surface area contributed by atoms with Crippen LogP contribution >= 0.6 is 0 Å². The Balaban J connectivity index is 1.66. The van der Waals surface area contributed by atoms with Crippen molar-refractivity contribution in [2.75, 3.05) is 5.32 Å². The van der Waals surface area contributed by atoms with Crippen LogP contribution in [0.4, 0.5) is 5.82 Å². The van der Waals surface area contributed by atoms with Crippen molar-refractivity contribution < 1.29 is 9.77 Å². The molecule has 0 amide bonds. The normalized spacial score (nSPS) is 18.3. The summed E-state index contributed by atoms with van der Waals surface area (Å²) in [6.45, 7) is 0. The topological polar surface area (TPSA) is 52.9 Å². The zero-order valence-corrected chi connectivity index (χ0v) is 20.4. The molecule has 0 spiro atoms. The molecule has 0 aliphatic heterocycles. The van der Waals surface area contributed by atoms with E-state index in [-0.39, 0.29) is 0 Å². The molecule has 6 rings (SSSR count). The molecule has 5 nitrogen and oxygen atoms in total. The van der Waals surface area contributed by atoms with E-state index in [2.05, 4.69) is 56.0 Å². The Labute approximate surface area is 207 Å². The number of aromatic nitrogens is 2. The lowest BCUT2D eigenvalue weighted by atomic mass is 9.94. The predicted molar refractivity (Wildman–Crippen MR) is 142 cm³/mol. The molecular weight excluding hydrogens is 432 g/mol. The molecule has 2 aromatic heterocycles. The number of nitrogens with zero attached hydrogens (tertiary/aromatic N) is 3. The molecule has 2 aromatic carbocycles. The molecule has 5 heteroatoms. The Morgan fingerprint density at radius 3 is 2.26 bits per heavy atom. The third-order valence-electron chi connectivity index (χ3n) is 8.03. The van der Waals surface area contributed by atoms with Crippen molar-refractivity contribution in [1.82, 2.24) is 4.40 Å². The van der Waals surface area contributed by atoms with Crippen LogP contribution in [-0.2, 0) is 0 Å². The summed E-state index contributed by atoms with van der Waals surface area (Å²) in [4.78, 5) is 0. The number of nitrogens with one attached hydrogen (secondary N) is 1. The van der Waals surface area contributed by atoms with Crippen molar-refractivity contribution in [1.29, 1.82) is 0 Å². The number of benzene rings is 2. The highest BCUT2D eigenvalue weighted by Crippen LogP contribution is 2.34. The van der Waals surface area contributed by atoms with E-state index < -0.39 is 0 Å². The van der Waals surface area contributed by atoms with Crippen molar-refractivity contribution >= 4 is 27.8 Å². The van der Waals surface area contributed by atoms with Crippen molar-refractivity contribution in [2.24, 2.45) is 5.16 Å². The molecule has 2 N–H and O–H groups in total. The van der Waals surface area contributed by atoms with Gasteiger partial charge in [-0.15, -0.1) is 0 Å². The second-order valence-electron chi connectivity index (χ2n) is 10.2. The average molecular weight is 468 g/mol. The van der Waals surface area contributed by atoms with Gasteiger partial charge in [-0.05, 0) is 50.0 Å². The molecule has 0 atom stereocenters. The molecule has 2 aliphatic carbocycles. The van der Waals surface area contributed by atoms with E-state index >= 15 is 0 Å². The minimum atomic E-state index is 0.379. The van der Waals surface area contributed by atoms with E-state index in [0.717, 1.165) is 24.2 Å². The fraction of sp³-hybridized carbons (Fsp3) is 0.400. The minimum Gasteiger partial charge on any atom is -0.410 e. The first-order valence-electron chi connectivity index (χ1n) is 13.4. The monoisotopic (exact) mass is 467 g/mol. The van der Waals surface area contributed by atoms with Crippen molar-refractivity contribution in [3.63, 3.8) is 0 Å². The Bertz CT molecular complexity index is 1350. The Kier molecular flexibility index (Phi) is 6.15. The van der Waals surface area contributed by atoms with Crippen LogP contribution in [0.1, 0.15) is 81.6 Å². The van der Waals surface area contributed by atoms with Gasteiger partial charge in [0.15, 0.2) is 11.2 Å². The van der Waals surface area contributed by atoms with Gasteiger partial charge in [0, 0.05) is 10.9 Å². The van der Waals surface area contributed by atoms with Gasteiger partial charge in [0.05, 0.1) is 18.3 Å². The summed E-state index contributed by atoms with van der Waals surface area (Å²) in [6, 6.07) is 21.8. The second kappa shape index (κ2) is 9.73. The van der Waals surface area contributed by atoms with E-state index in [0.29, 0.717) is 17.8 Å². The van der Waals surface area contributed by atoms with Crippen LogP contribution in [0.15, 0.2) is 72.0 Å². The standard InChI is InChI=1S/C30H34N4O/c35-32-27(23-13-4-1-5-14-23)30-33-21-20-22-12-10-11-19-26(22)28(33)29(31-24-15-6-2-7-16-24)34(30)25-17-8-3-9-18-25/h1,4-5,10-14,19-21,24-25,31H,2-3,6-9,15-18H2/p+1. The molecule has 35 heavy (non-hydrogen) atoms. The minimum absolute atomic E-state index is 0.379. The summed E-state index contributed by atoms with van der Waals surface area (Å²) in [5.41, 5.74) is 2.74. The first kappa shape index (κ1) is 22.1. The fourth-order valence-corrected chi connectivity index (χ4v) is 6.30. The lowest BCUT2D eigenvalue weighted by molar-refractivity contribution is -0.712. The van der Waals surface area contributed by atoms with Gasteiger partial charge in [0.1, 0.15) is 0 Å². The number of imidazole rings is 1. The van der Waals surface area contributed by atoms with Gasteiger partial charge in [-0.25, -0.2) is 8.97 Å². The summed E-state index contributed by atoms with van der Waals surface area (Å²) < 4.78 is 4.77. The number of hydrogen-bond donors (Lipinski definition) is 2. The first-order chi connectivity index (χ1) is 17.3. The number of fused-ring (bicyclic) bond motifs is 3. The van der Waals surface area contributed by atoms with Gasteiger partial charge in [-0.3, -0.25) is 5.32 Å². The Hall–Kier alpha value is -3.34. The van der Waals surface area contributed by atoms with Crippen LogP contribution in [0.2, 0.25) is 0 Å². The highest BCUT2D eigenvalue weighted by molar-refractivity contribution is 6.11. The number of hydrogen-bond acceptors (Lipinski definition) is 3. The Morgan fingerprint density at radius 2 is 1.51 bits per heavy atom. The maximum atomic E-state index is 10.4. The zero-order valence-electron chi connectivity index (χ0n) is 20.4. The number of oxime groups is 1.